The van der Waals surface area contributed by atoms with Crippen molar-refractivity contribution in [1.29, 1.82) is 0 Å². The molecule has 2 aliphatic rings. The summed E-state index contributed by atoms with van der Waals surface area (Å²) in [7, 11) is 1.73. The Hall–Kier alpha value is -0.870. The van der Waals surface area contributed by atoms with Crippen molar-refractivity contribution in [3.05, 3.63) is 23.8 Å². The highest BCUT2D eigenvalue weighted by molar-refractivity contribution is 7.99. The van der Waals surface area contributed by atoms with Crippen molar-refractivity contribution in [1.82, 2.24) is 5.32 Å². The van der Waals surface area contributed by atoms with Gasteiger partial charge in [-0.25, -0.2) is 0 Å². The molecule has 0 spiro atoms. The predicted octanol–water partition coefficient (Wildman–Crippen LogP) is 3.44. The van der Waals surface area contributed by atoms with Crippen molar-refractivity contribution in [2.75, 3.05) is 31.7 Å². The standard InChI is InChI=1S/C17H25NO2S/c1-19-16-3-2-14(13-4-8-18-9-5-13)12-17(16)20-15-6-10-21-11-7-15/h2-3,12-13,15,18H,4-11H2,1H3. The number of methoxy groups -OCH3 is 1. The summed E-state index contributed by atoms with van der Waals surface area (Å²) in [6.45, 7) is 2.24. The maximum atomic E-state index is 6.25. The molecule has 21 heavy (non-hydrogen) atoms. The van der Waals surface area contributed by atoms with Crippen molar-refractivity contribution in [2.45, 2.75) is 37.7 Å². The van der Waals surface area contributed by atoms with Gasteiger partial charge >= 0.3 is 0 Å². The van der Waals surface area contributed by atoms with E-state index < -0.39 is 0 Å². The number of benzene rings is 1. The fraction of sp³-hybridized carbons (Fsp3) is 0.647. The van der Waals surface area contributed by atoms with Crippen LogP contribution in [0.4, 0.5) is 0 Å². The molecule has 0 aliphatic carbocycles. The monoisotopic (exact) mass is 307 g/mol. The van der Waals surface area contributed by atoms with Crippen molar-refractivity contribution in [3.8, 4) is 11.5 Å². The normalized spacial score (nSPS) is 21.2. The molecule has 0 bridgehead atoms. The molecule has 0 amide bonds. The van der Waals surface area contributed by atoms with Crippen LogP contribution in [0.1, 0.15) is 37.2 Å². The Morgan fingerprint density at radius 1 is 1.05 bits per heavy atom. The maximum absolute atomic E-state index is 6.25. The lowest BCUT2D eigenvalue weighted by molar-refractivity contribution is 0.184. The van der Waals surface area contributed by atoms with E-state index in [9.17, 15) is 0 Å². The summed E-state index contributed by atoms with van der Waals surface area (Å²) < 4.78 is 11.7. The Balaban J connectivity index is 1.75. The lowest BCUT2D eigenvalue weighted by Crippen LogP contribution is -2.26. The Morgan fingerprint density at radius 3 is 2.52 bits per heavy atom. The van der Waals surface area contributed by atoms with Gasteiger partial charge in [0, 0.05) is 0 Å². The predicted molar refractivity (Wildman–Crippen MR) is 88.8 cm³/mol. The van der Waals surface area contributed by atoms with Gasteiger partial charge in [0.15, 0.2) is 11.5 Å². The van der Waals surface area contributed by atoms with Crippen LogP contribution in [0.5, 0.6) is 11.5 Å². The Labute approximate surface area is 131 Å². The molecule has 2 fully saturated rings. The number of ether oxygens (including phenoxy) is 2. The number of piperidine rings is 1. The summed E-state index contributed by atoms with van der Waals surface area (Å²) in [5.74, 6) is 4.87. The molecule has 116 valence electrons. The molecule has 1 aromatic carbocycles. The van der Waals surface area contributed by atoms with Crippen LogP contribution in [0, 0.1) is 0 Å². The van der Waals surface area contributed by atoms with Gasteiger partial charge < -0.3 is 14.8 Å². The average molecular weight is 307 g/mol. The minimum Gasteiger partial charge on any atom is -0.493 e. The molecule has 2 aliphatic heterocycles. The third-order valence-corrected chi connectivity index (χ3v) is 5.51. The molecular weight excluding hydrogens is 282 g/mol. The second-order valence-electron chi connectivity index (χ2n) is 5.86. The van der Waals surface area contributed by atoms with E-state index in [0.717, 1.165) is 37.4 Å². The van der Waals surface area contributed by atoms with E-state index in [1.165, 1.54) is 29.9 Å². The lowest BCUT2D eigenvalue weighted by Gasteiger charge is -2.26. The molecule has 3 nitrogen and oxygen atoms in total. The summed E-state index contributed by atoms with van der Waals surface area (Å²) in [5, 5.41) is 3.43. The summed E-state index contributed by atoms with van der Waals surface area (Å²) in [4.78, 5) is 0. The first-order valence-electron chi connectivity index (χ1n) is 8.00. The highest BCUT2D eigenvalue weighted by Gasteiger charge is 2.20. The van der Waals surface area contributed by atoms with Gasteiger partial charge in [-0.05, 0) is 73.9 Å². The number of thioether (sulfide) groups is 1. The molecule has 0 radical (unpaired) electrons. The topological polar surface area (TPSA) is 30.5 Å². The van der Waals surface area contributed by atoms with E-state index in [2.05, 4.69) is 23.5 Å². The van der Waals surface area contributed by atoms with Gasteiger partial charge in [-0.3, -0.25) is 0 Å². The molecule has 2 heterocycles. The summed E-state index contributed by atoms with van der Waals surface area (Å²) in [6, 6.07) is 6.50. The molecule has 1 N–H and O–H groups in total. The van der Waals surface area contributed by atoms with E-state index in [0.29, 0.717) is 12.0 Å². The van der Waals surface area contributed by atoms with E-state index >= 15 is 0 Å². The Morgan fingerprint density at radius 2 is 1.81 bits per heavy atom. The smallest absolute Gasteiger partial charge is 0.161 e. The number of nitrogens with one attached hydrogen (secondary N) is 1. The third-order valence-electron chi connectivity index (χ3n) is 4.46. The molecule has 3 rings (SSSR count). The third kappa shape index (κ3) is 3.86. The zero-order chi connectivity index (χ0) is 14.5. The van der Waals surface area contributed by atoms with Crippen LogP contribution >= 0.6 is 11.8 Å². The van der Waals surface area contributed by atoms with E-state index in [1.807, 2.05) is 11.8 Å². The fourth-order valence-electron chi connectivity index (χ4n) is 3.17. The quantitative estimate of drug-likeness (QED) is 0.923. The Kier molecular flexibility index (Phi) is 5.31. The van der Waals surface area contributed by atoms with Gasteiger partial charge in [-0.1, -0.05) is 6.07 Å². The van der Waals surface area contributed by atoms with Gasteiger partial charge in [-0.2, -0.15) is 11.8 Å². The highest BCUT2D eigenvalue weighted by Crippen LogP contribution is 2.35. The Bertz CT molecular complexity index is 454. The summed E-state index contributed by atoms with van der Waals surface area (Å²) in [6.07, 6.45) is 5.07. The van der Waals surface area contributed by atoms with E-state index in [4.69, 9.17) is 9.47 Å². The van der Waals surface area contributed by atoms with Gasteiger partial charge in [-0.15, -0.1) is 0 Å². The zero-order valence-electron chi connectivity index (χ0n) is 12.8. The maximum Gasteiger partial charge on any atom is 0.161 e. The summed E-state index contributed by atoms with van der Waals surface area (Å²) in [5.41, 5.74) is 1.40. The SMILES string of the molecule is COc1ccc(C2CCNCC2)cc1OC1CCSCC1. The minimum atomic E-state index is 0.350. The van der Waals surface area contributed by atoms with Crippen molar-refractivity contribution < 1.29 is 9.47 Å². The average Bonchev–Trinajstić information content (AvgIpc) is 2.56. The van der Waals surface area contributed by atoms with Crippen LogP contribution in [0.3, 0.4) is 0 Å². The number of hydrogen-bond acceptors (Lipinski definition) is 4. The summed E-state index contributed by atoms with van der Waals surface area (Å²) >= 11 is 2.03. The molecule has 0 saturated carbocycles. The highest BCUT2D eigenvalue weighted by atomic mass is 32.2. The van der Waals surface area contributed by atoms with Crippen LogP contribution in [0.15, 0.2) is 18.2 Å². The first kappa shape index (κ1) is 15.0. The van der Waals surface area contributed by atoms with Crippen molar-refractivity contribution in [3.63, 3.8) is 0 Å². The van der Waals surface area contributed by atoms with E-state index in [1.54, 1.807) is 7.11 Å². The first-order valence-corrected chi connectivity index (χ1v) is 9.15. The van der Waals surface area contributed by atoms with Crippen LogP contribution in [0.2, 0.25) is 0 Å². The molecular formula is C17H25NO2S. The number of rotatable bonds is 4. The van der Waals surface area contributed by atoms with Gasteiger partial charge in [0.05, 0.1) is 7.11 Å². The van der Waals surface area contributed by atoms with Crippen molar-refractivity contribution in [2.24, 2.45) is 0 Å². The lowest BCUT2D eigenvalue weighted by atomic mass is 9.90. The van der Waals surface area contributed by atoms with Crippen LogP contribution < -0.4 is 14.8 Å². The second-order valence-corrected chi connectivity index (χ2v) is 7.09. The zero-order valence-corrected chi connectivity index (χ0v) is 13.6. The largest absolute Gasteiger partial charge is 0.493 e. The van der Waals surface area contributed by atoms with Gasteiger partial charge in [0.25, 0.3) is 0 Å². The molecule has 0 atom stereocenters. The van der Waals surface area contributed by atoms with Crippen LogP contribution in [0.25, 0.3) is 0 Å². The van der Waals surface area contributed by atoms with Gasteiger partial charge in [0.2, 0.25) is 0 Å². The molecule has 2 saturated heterocycles. The van der Waals surface area contributed by atoms with E-state index in [-0.39, 0.29) is 0 Å². The van der Waals surface area contributed by atoms with Crippen molar-refractivity contribution >= 4 is 11.8 Å². The van der Waals surface area contributed by atoms with Crippen LogP contribution in [-0.4, -0.2) is 37.8 Å². The van der Waals surface area contributed by atoms with Gasteiger partial charge in [0.1, 0.15) is 6.10 Å². The fourth-order valence-corrected chi connectivity index (χ4v) is 4.23. The minimum absolute atomic E-state index is 0.350. The van der Waals surface area contributed by atoms with Crippen LogP contribution in [-0.2, 0) is 0 Å². The molecule has 0 aromatic heterocycles. The molecule has 1 aromatic rings. The first-order chi connectivity index (χ1) is 10.4. The number of hydrogen-bond donors (Lipinski definition) is 1. The molecule has 4 heteroatoms. The second kappa shape index (κ2) is 7.41. The molecule has 0 unspecified atom stereocenters.